The maximum Gasteiger partial charge on any atom is 0.250 e. The van der Waals surface area contributed by atoms with Gasteiger partial charge in [-0.15, -0.1) is 6.58 Å². The van der Waals surface area contributed by atoms with Crippen molar-refractivity contribution in [2.45, 2.75) is 39.3 Å². The molecule has 0 spiro atoms. The molecule has 0 aliphatic carbocycles. The van der Waals surface area contributed by atoms with Crippen LogP contribution in [0.4, 0.5) is 0 Å². The first-order valence-electron chi connectivity index (χ1n) is 9.77. The molecule has 2 aromatic rings. The zero-order valence-corrected chi connectivity index (χ0v) is 18.7. The molecule has 0 saturated heterocycles. The number of carbonyl (C=O) groups is 1. The van der Waals surface area contributed by atoms with Crippen molar-refractivity contribution >= 4 is 23.9 Å². The van der Waals surface area contributed by atoms with E-state index in [0.717, 1.165) is 22.5 Å². The summed E-state index contributed by atoms with van der Waals surface area (Å²) in [7, 11) is 0. The SMILES string of the molecule is C=CCc1cc(/C=N\NC(=O)CSc2nc(C)cc(C)n2)cc(OCC)c1OCC. The van der Waals surface area contributed by atoms with Crippen molar-refractivity contribution in [2.24, 2.45) is 5.10 Å². The lowest BCUT2D eigenvalue weighted by Crippen LogP contribution is -2.19. The molecule has 1 aromatic heterocycles. The van der Waals surface area contributed by atoms with Gasteiger partial charge in [-0.25, -0.2) is 15.4 Å². The van der Waals surface area contributed by atoms with Crippen LogP contribution in [0.5, 0.6) is 11.5 Å². The Morgan fingerprint density at radius 1 is 1.17 bits per heavy atom. The standard InChI is InChI=1S/C22H28N4O3S/c1-6-9-18-11-17(12-19(28-7-2)21(18)29-8-3)13-23-26-20(27)14-30-22-24-15(4)10-16(5)25-22/h6,10-13H,1,7-9,14H2,2-5H3,(H,26,27)/b23-13-. The third-order valence-corrected chi connectivity index (χ3v) is 4.65. The number of thioether (sulfide) groups is 1. The maximum absolute atomic E-state index is 12.1. The number of nitrogens with zero attached hydrogens (tertiary/aromatic N) is 3. The Kier molecular flexibility index (Phi) is 9.34. The molecule has 8 heteroatoms. The lowest BCUT2D eigenvalue weighted by Gasteiger charge is -2.15. The fourth-order valence-corrected chi connectivity index (χ4v) is 3.48. The van der Waals surface area contributed by atoms with Gasteiger partial charge >= 0.3 is 0 Å². The Hall–Kier alpha value is -2.87. The predicted molar refractivity (Wildman–Crippen MR) is 121 cm³/mol. The van der Waals surface area contributed by atoms with Crippen LogP contribution >= 0.6 is 11.8 Å². The van der Waals surface area contributed by atoms with Crippen LogP contribution < -0.4 is 14.9 Å². The van der Waals surface area contributed by atoms with Crippen molar-refractivity contribution in [2.75, 3.05) is 19.0 Å². The molecule has 1 N–H and O–H groups in total. The van der Waals surface area contributed by atoms with Gasteiger partial charge in [-0.3, -0.25) is 4.79 Å². The summed E-state index contributed by atoms with van der Waals surface area (Å²) in [5, 5.41) is 4.64. The topological polar surface area (TPSA) is 85.7 Å². The summed E-state index contributed by atoms with van der Waals surface area (Å²) in [6.45, 7) is 12.5. The number of hydrogen-bond acceptors (Lipinski definition) is 7. The van der Waals surface area contributed by atoms with E-state index in [2.05, 4.69) is 27.1 Å². The molecule has 0 fully saturated rings. The highest BCUT2D eigenvalue weighted by atomic mass is 32.2. The highest BCUT2D eigenvalue weighted by Gasteiger charge is 2.12. The van der Waals surface area contributed by atoms with E-state index in [1.165, 1.54) is 11.8 Å². The second-order valence-corrected chi connectivity index (χ2v) is 7.32. The monoisotopic (exact) mass is 428 g/mol. The summed E-state index contributed by atoms with van der Waals surface area (Å²) in [5.74, 6) is 1.30. The summed E-state index contributed by atoms with van der Waals surface area (Å²) in [6.07, 6.45) is 4.03. The van der Waals surface area contributed by atoms with Crippen molar-refractivity contribution in [3.05, 3.63) is 53.4 Å². The smallest absolute Gasteiger partial charge is 0.250 e. The highest BCUT2D eigenvalue weighted by molar-refractivity contribution is 7.99. The second-order valence-electron chi connectivity index (χ2n) is 6.38. The molecule has 0 bridgehead atoms. The third kappa shape index (κ3) is 7.18. The van der Waals surface area contributed by atoms with E-state index in [-0.39, 0.29) is 11.7 Å². The highest BCUT2D eigenvalue weighted by Crippen LogP contribution is 2.33. The first-order chi connectivity index (χ1) is 14.5. The number of aromatic nitrogens is 2. The maximum atomic E-state index is 12.1. The summed E-state index contributed by atoms with van der Waals surface area (Å²) in [5.41, 5.74) is 6.03. The van der Waals surface area contributed by atoms with Crippen LogP contribution in [0, 0.1) is 13.8 Å². The Labute approximate surface area is 182 Å². The fraction of sp³-hybridized carbons (Fsp3) is 0.364. The van der Waals surface area contributed by atoms with Gasteiger partial charge in [-0.1, -0.05) is 17.8 Å². The fourth-order valence-electron chi connectivity index (χ4n) is 2.74. The van der Waals surface area contributed by atoms with Crippen LogP contribution in [-0.4, -0.2) is 41.1 Å². The van der Waals surface area contributed by atoms with Gasteiger partial charge in [-0.05, 0) is 57.9 Å². The van der Waals surface area contributed by atoms with E-state index < -0.39 is 0 Å². The number of ether oxygens (including phenoxy) is 2. The molecule has 0 radical (unpaired) electrons. The van der Waals surface area contributed by atoms with E-state index >= 15 is 0 Å². The molecule has 0 aliphatic rings. The van der Waals surface area contributed by atoms with Gasteiger partial charge in [0.25, 0.3) is 5.91 Å². The quantitative estimate of drug-likeness (QED) is 0.192. The predicted octanol–water partition coefficient (Wildman–Crippen LogP) is 3.86. The first kappa shape index (κ1) is 23.4. The summed E-state index contributed by atoms with van der Waals surface area (Å²) in [6, 6.07) is 5.68. The van der Waals surface area contributed by atoms with E-state index in [1.54, 1.807) is 6.21 Å². The van der Waals surface area contributed by atoms with Gasteiger partial charge in [0.1, 0.15) is 0 Å². The van der Waals surface area contributed by atoms with Crippen molar-refractivity contribution < 1.29 is 14.3 Å². The molecule has 160 valence electrons. The molecule has 7 nitrogen and oxygen atoms in total. The lowest BCUT2D eigenvalue weighted by atomic mass is 10.1. The number of nitrogens with one attached hydrogen (secondary N) is 1. The Morgan fingerprint density at radius 3 is 2.50 bits per heavy atom. The van der Waals surface area contributed by atoms with Crippen LogP contribution in [-0.2, 0) is 11.2 Å². The van der Waals surface area contributed by atoms with Crippen LogP contribution in [0.1, 0.15) is 36.4 Å². The van der Waals surface area contributed by atoms with E-state index in [4.69, 9.17) is 9.47 Å². The summed E-state index contributed by atoms with van der Waals surface area (Å²) >= 11 is 1.27. The molecule has 1 heterocycles. The Bertz CT molecular complexity index is 895. The van der Waals surface area contributed by atoms with Gasteiger partial charge < -0.3 is 9.47 Å². The molecule has 0 saturated carbocycles. The zero-order chi connectivity index (χ0) is 21.9. The number of amides is 1. The third-order valence-electron chi connectivity index (χ3n) is 3.80. The molecule has 1 amide bonds. The molecular formula is C22H28N4O3S. The molecule has 30 heavy (non-hydrogen) atoms. The van der Waals surface area contributed by atoms with Crippen molar-refractivity contribution in [3.63, 3.8) is 0 Å². The Balaban J connectivity index is 2.05. The number of benzene rings is 1. The lowest BCUT2D eigenvalue weighted by molar-refractivity contribution is -0.118. The number of carbonyl (C=O) groups excluding carboxylic acids is 1. The number of hydrogen-bond donors (Lipinski definition) is 1. The summed E-state index contributed by atoms with van der Waals surface area (Å²) in [4.78, 5) is 20.7. The van der Waals surface area contributed by atoms with Crippen molar-refractivity contribution in [3.8, 4) is 11.5 Å². The summed E-state index contributed by atoms with van der Waals surface area (Å²) < 4.78 is 11.5. The molecule has 0 aliphatic heterocycles. The average Bonchev–Trinajstić information content (AvgIpc) is 2.69. The molecule has 0 unspecified atom stereocenters. The number of rotatable bonds is 11. The minimum atomic E-state index is -0.235. The van der Waals surface area contributed by atoms with Gasteiger partial charge in [0.15, 0.2) is 16.7 Å². The second kappa shape index (κ2) is 12.0. The Morgan fingerprint density at radius 2 is 1.87 bits per heavy atom. The molecular weight excluding hydrogens is 400 g/mol. The van der Waals surface area contributed by atoms with Crippen LogP contribution in [0.15, 0.2) is 41.1 Å². The number of allylic oxidation sites excluding steroid dienone is 1. The first-order valence-corrected chi connectivity index (χ1v) is 10.8. The van der Waals surface area contributed by atoms with Gasteiger partial charge in [0, 0.05) is 17.0 Å². The molecule has 2 rings (SSSR count). The number of hydrazone groups is 1. The van der Waals surface area contributed by atoms with E-state index in [9.17, 15) is 4.79 Å². The molecule has 0 atom stereocenters. The van der Waals surface area contributed by atoms with Crippen molar-refractivity contribution in [1.29, 1.82) is 0 Å². The van der Waals surface area contributed by atoms with Crippen LogP contribution in [0.2, 0.25) is 0 Å². The van der Waals surface area contributed by atoms with Crippen LogP contribution in [0.3, 0.4) is 0 Å². The number of aryl methyl sites for hydroxylation is 2. The minimum Gasteiger partial charge on any atom is -0.490 e. The van der Waals surface area contributed by atoms with Gasteiger partial charge in [0.05, 0.1) is 25.2 Å². The minimum absolute atomic E-state index is 0.176. The largest absolute Gasteiger partial charge is 0.490 e. The normalized spacial score (nSPS) is 10.8. The van der Waals surface area contributed by atoms with E-state index in [0.29, 0.717) is 36.3 Å². The van der Waals surface area contributed by atoms with Gasteiger partial charge in [0.2, 0.25) is 0 Å². The van der Waals surface area contributed by atoms with Gasteiger partial charge in [-0.2, -0.15) is 5.10 Å². The molecule has 1 aromatic carbocycles. The van der Waals surface area contributed by atoms with Crippen molar-refractivity contribution in [1.82, 2.24) is 15.4 Å². The van der Waals surface area contributed by atoms with Crippen LogP contribution in [0.25, 0.3) is 0 Å². The zero-order valence-electron chi connectivity index (χ0n) is 17.9. The van der Waals surface area contributed by atoms with E-state index in [1.807, 2.05) is 52.0 Å². The average molecular weight is 429 g/mol.